The maximum Gasteiger partial charge on any atom is 0.165 e. The maximum absolute atomic E-state index is 11.9. The van der Waals surface area contributed by atoms with E-state index in [1.54, 1.807) is 12.4 Å². The first-order chi connectivity index (χ1) is 7.75. The Balaban J connectivity index is 1.92. The standard InChI is InChI=1S/C13H18N2O/c1-10-4-6-15-12(7-10)8-13(16)11-3-2-5-14-9-11/h2-3,5,9-10,12,15H,4,6-8H2,1H3. The van der Waals surface area contributed by atoms with Crippen LogP contribution < -0.4 is 5.32 Å². The summed E-state index contributed by atoms with van der Waals surface area (Å²) in [6, 6.07) is 3.99. The summed E-state index contributed by atoms with van der Waals surface area (Å²) >= 11 is 0. The SMILES string of the molecule is CC1CCNC(CC(=O)c2cccnc2)C1. The number of hydrogen-bond acceptors (Lipinski definition) is 3. The number of carbonyl (C=O) groups excluding carboxylic acids is 1. The maximum atomic E-state index is 11.9. The van der Waals surface area contributed by atoms with E-state index in [1.807, 2.05) is 12.1 Å². The molecule has 0 bridgehead atoms. The van der Waals surface area contributed by atoms with Gasteiger partial charge in [-0.15, -0.1) is 0 Å². The topological polar surface area (TPSA) is 42.0 Å². The van der Waals surface area contributed by atoms with Crippen molar-refractivity contribution in [1.82, 2.24) is 10.3 Å². The van der Waals surface area contributed by atoms with E-state index in [2.05, 4.69) is 17.2 Å². The van der Waals surface area contributed by atoms with Gasteiger partial charge in [0, 0.05) is 30.4 Å². The molecule has 3 nitrogen and oxygen atoms in total. The third-order valence-electron chi connectivity index (χ3n) is 3.17. The number of piperidine rings is 1. The van der Waals surface area contributed by atoms with Crippen LogP contribution in [-0.4, -0.2) is 23.4 Å². The van der Waals surface area contributed by atoms with Crippen molar-refractivity contribution >= 4 is 5.78 Å². The molecular formula is C13H18N2O. The summed E-state index contributed by atoms with van der Waals surface area (Å²) in [6.45, 7) is 3.29. The third-order valence-corrected chi connectivity index (χ3v) is 3.17. The fourth-order valence-corrected chi connectivity index (χ4v) is 2.25. The second-order valence-electron chi connectivity index (χ2n) is 4.65. The molecule has 1 aliphatic heterocycles. The van der Waals surface area contributed by atoms with Crippen LogP contribution in [0.25, 0.3) is 0 Å². The van der Waals surface area contributed by atoms with Crippen LogP contribution in [0.4, 0.5) is 0 Å². The van der Waals surface area contributed by atoms with Gasteiger partial charge in [0.2, 0.25) is 0 Å². The van der Waals surface area contributed by atoms with Crippen LogP contribution in [-0.2, 0) is 0 Å². The molecule has 0 aromatic carbocycles. The largest absolute Gasteiger partial charge is 0.314 e. The number of carbonyl (C=O) groups is 1. The molecular weight excluding hydrogens is 200 g/mol. The Morgan fingerprint density at radius 1 is 1.62 bits per heavy atom. The number of pyridine rings is 1. The third kappa shape index (κ3) is 2.89. The van der Waals surface area contributed by atoms with E-state index in [0.717, 1.165) is 24.4 Å². The lowest BCUT2D eigenvalue weighted by atomic mass is 9.90. The molecule has 2 rings (SSSR count). The zero-order valence-electron chi connectivity index (χ0n) is 9.65. The van der Waals surface area contributed by atoms with Gasteiger partial charge < -0.3 is 5.32 Å². The van der Waals surface area contributed by atoms with E-state index >= 15 is 0 Å². The number of nitrogens with zero attached hydrogens (tertiary/aromatic N) is 1. The smallest absolute Gasteiger partial charge is 0.165 e. The number of hydrogen-bond donors (Lipinski definition) is 1. The quantitative estimate of drug-likeness (QED) is 0.789. The molecule has 0 spiro atoms. The average molecular weight is 218 g/mol. The molecule has 0 radical (unpaired) electrons. The lowest BCUT2D eigenvalue weighted by Crippen LogP contribution is -2.38. The van der Waals surface area contributed by atoms with E-state index in [4.69, 9.17) is 0 Å². The van der Waals surface area contributed by atoms with Crippen molar-refractivity contribution in [1.29, 1.82) is 0 Å². The van der Waals surface area contributed by atoms with Crippen molar-refractivity contribution in [3.05, 3.63) is 30.1 Å². The minimum Gasteiger partial charge on any atom is -0.314 e. The van der Waals surface area contributed by atoms with Gasteiger partial charge in [-0.3, -0.25) is 9.78 Å². The van der Waals surface area contributed by atoms with Crippen LogP contribution in [0, 0.1) is 5.92 Å². The first-order valence-corrected chi connectivity index (χ1v) is 5.92. The van der Waals surface area contributed by atoms with Crippen LogP contribution in [0.15, 0.2) is 24.5 Å². The minimum absolute atomic E-state index is 0.194. The summed E-state index contributed by atoms with van der Waals surface area (Å²) in [4.78, 5) is 15.9. The lowest BCUT2D eigenvalue weighted by molar-refractivity contribution is 0.0958. The molecule has 1 fully saturated rings. The van der Waals surface area contributed by atoms with E-state index in [1.165, 1.54) is 6.42 Å². The lowest BCUT2D eigenvalue weighted by Gasteiger charge is -2.27. The number of rotatable bonds is 3. The molecule has 16 heavy (non-hydrogen) atoms. The predicted molar refractivity (Wildman–Crippen MR) is 63.4 cm³/mol. The zero-order valence-corrected chi connectivity index (χ0v) is 9.65. The highest BCUT2D eigenvalue weighted by Crippen LogP contribution is 2.18. The Kier molecular flexibility index (Phi) is 3.67. The summed E-state index contributed by atoms with van der Waals surface area (Å²) in [5.41, 5.74) is 0.725. The highest BCUT2D eigenvalue weighted by molar-refractivity contribution is 5.96. The average Bonchev–Trinajstić information content (AvgIpc) is 2.30. The van der Waals surface area contributed by atoms with Crippen LogP contribution in [0.2, 0.25) is 0 Å². The van der Waals surface area contributed by atoms with E-state index in [9.17, 15) is 4.79 Å². The van der Waals surface area contributed by atoms with Gasteiger partial charge in [-0.2, -0.15) is 0 Å². The first-order valence-electron chi connectivity index (χ1n) is 5.92. The van der Waals surface area contributed by atoms with Crippen LogP contribution in [0.5, 0.6) is 0 Å². The predicted octanol–water partition coefficient (Wildman–Crippen LogP) is 2.04. The molecule has 2 unspecified atom stereocenters. The molecule has 1 aromatic rings. The number of aromatic nitrogens is 1. The zero-order chi connectivity index (χ0) is 11.4. The van der Waals surface area contributed by atoms with Gasteiger partial charge in [0.25, 0.3) is 0 Å². The molecule has 0 aliphatic carbocycles. The fraction of sp³-hybridized carbons (Fsp3) is 0.538. The van der Waals surface area contributed by atoms with E-state index in [0.29, 0.717) is 12.5 Å². The number of nitrogens with one attached hydrogen (secondary N) is 1. The Labute approximate surface area is 96.3 Å². The molecule has 0 saturated carbocycles. The van der Waals surface area contributed by atoms with E-state index < -0.39 is 0 Å². The van der Waals surface area contributed by atoms with Crippen molar-refractivity contribution in [3.63, 3.8) is 0 Å². The van der Waals surface area contributed by atoms with Crippen molar-refractivity contribution in [2.45, 2.75) is 32.2 Å². The van der Waals surface area contributed by atoms with Crippen LogP contribution in [0.1, 0.15) is 36.5 Å². The molecule has 2 atom stereocenters. The van der Waals surface area contributed by atoms with Gasteiger partial charge in [0.1, 0.15) is 0 Å². The highest BCUT2D eigenvalue weighted by Gasteiger charge is 2.21. The Hall–Kier alpha value is -1.22. The summed E-state index contributed by atoms with van der Waals surface area (Å²) in [6.07, 6.45) is 6.26. The van der Waals surface area contributed by atoms with Gasteiger partial charge in [-0.25, -0.2) is 0 Å². The first kappa shape index (κ1) is 11.3. The van der Waals surface area contributed by atoms with Gasteiger partial charge in [-0.05, 0) is 37.4 Å². The normalized spacial score (nSPS) is 25.3. The molecule has 3 heteroatoms. The molecule has 0 amide bonds. The van der Waals surface area contributed by atoms with Gasteiger partial charge >= 0.3 is 0 Å². The fourth-order valence-electron chi connectivity index (χ4n) is 2.25. The molecule has 1 aromatic heterocycles. The van der Waals surface area contributed by atoms with Crippen molar-refractivity contribution in [2.24, 2.45) is 5.92 Å². The van der Waals surface area contributed by atoms with Gasteiger partial charge in [0.05, 0.1) is 0 Å². The highest BCUT2D eigenvalue weighted by atomic mass is 16.1. The van der Waals surface area contributed by atoms with Crippen molar-refractivity contribution in [2.75, 3.05) is 6.54 Å². The Morgan fingerprint density at radius 2 is 2.50 bits per heavy atom. The Bertz CT molecular complexity index is 350. The van der Waals surface area contributed by atoms with Gasteiger partial charge in [-0.1, -0.05) is 6.92 Å². The Morgan fingerprint density at radius 3 is 3.19 bits per heavy atom. The molecule has 1 saturated heterocycles. The minimum atomic E-state index is 0.194. The second-order valence-corrected chi connectivity index (χ2v) is 4.65. The summed E-state index contributed by atoms with van der Waals surface area (Å²) in [5, 5.41) is 3.41. The molecule has 1 N–H and O–H groups in total. The summed E-state index contributed by atoms with van der Waals surface area (Å²) < 4.78 is 0. The monoisotopic (exact) mass is 218 g/mol. The molecule has 1 aliphatic rings. The molecule has 86 valence electrons. The van der Waals surface area contributed by atoms with E-state index in [-0.39, 0.29) is 5.78 Å². The van der Waals surface area contributed by atoms with Crippen LogP contribution >= 0.6 is 0 Å². The number of ketones is 1. The second kappa shape index (κ2) is 5.21. The van der Waals surface area contributed by atoms with Crippen LogP contribution in [0.3, 0.4) is 0 Å². The molecule has 2 heterocycles. The van der Waals surface area contributed by atoms with Gasteiger partial charge in [0.15, 0.2) is 5.78 Å². The van der Waals surface area contributed by atoms with Crippen molar-refractivity contribution in [3.8, 4) is 0 Å². The summed E-state index contributed by atoms with van der Waals surface area (Å²) in [7, 11) is 0. The summed E-state index contributed by atoms with van der Waals surface area (Å²) in [5.74, 6) is 0.924. The number of Topliss-reactive ketones (excluding diaryl/α,β-unsaturated/α-hetero) is 1. The van der Waals surface area contributed by atoms with Crippen molar-refractivity contribution < 1.29 is 4.79 Å².